The summed E-state index contributed by atoms with van der Waals surface area (Å²) < 4.78 is 5.78. The van der Waals surface area contributed by atoms with Crippen molar-refractivity contribution >= 4 is 11.8 Å². The van der Waals surface area contributed by atoms with Crippen LogP contribution in [0.25, 0.3) is 0 Å². The molecule has 3 nitrogen and oxygen atoms in total. The number of thioether (sulfide) groups is 1. The molecule has 0 aromatic heterocycles. The normalized spacial score (nSPS) is 25.5. The Morgan fingerprint density at radius 2 is 2.20 bits per heavy atom. The van der Waals surface area contributed by atoms with Gasteiger partial charge in [0.2, 0.25) is 0 Å². The monoisotopic (exact) mass is 225 g/mol. The minimum Gasteiger partial charge on any atom is -0.485 e. The van der Waals surface area contributed by atoms with Gasteiger partial charge >= 0.3 is 0 Å². The minimum atomic E-state index is -0.403. The first-order valence-corrected chi connectivity index (χ1v) is 6.22. The van der Waals surface area contributed by atoms with Gasteiger partial charge in [-0.05, 0) is 18.4 Å². The summed E-state index contributed by atoms with van der Waals surface area (Å²) in [6, 6.07) is 7.90. The van der Waals surface area contributed by atoms with E-state index in [1.54, 1.807) is 11.8 Å². The molecule has 0 amide bonds. The largest absolute Gasteiger partial charge is 0.485 e. The van der Waals surface area contributed by atoms with Crippen molar-refractivity contribution < 1.29 is 9.84 Å². The van der Waals surface area contributed by atoms with Crippen molar-refractivity contribution in [3.05, 3.63) is 24.3 Å². The van der Waals surface area contributed by atoms with E-state index in [1.165, 1.54) is 0 Å². The van der Waals surface area contributed by atoms with Crippen molar-refractivity contribution in [3.63, 3.8) is 0 Å². The predicted octanol–water partition coefficient (Wildman–Crippen LogP) is 1.12. The zero-order valence-electron chi connectivity index (χ0n) is 8.64. The lowest BCUT2D eigenvalue weighted by atomic mass is 10.2. The van der Waals surface area contributed by atoms with Gasteiger partial charge in [-0.15, -0.1) is 11.8 Å². The van der Waals surface area contributed by atoms with Crippen LogP contribution in [0.4, 0.5) is 0 Å². The molecule has 2 unspecified atom stereocenters. The summed E-state index contributed by atoms with van der Waals surface area (Å²) in [6.07, 6.45) is 1.49. The molecule has 15 heavy (non-hydrogen) atoms. The maximum absolute atomic E-state index is 9.62. The zero-order valence-corrected chi connectivity index (χ0v) is 9.46. The Morgan fingerprint density at radius 1 is 1.40 bits per heavy atom. The number of β-amino-alcohol motifs (C(OH)–C–C–N with tert-alkyl or cyclic N) is 1. The number of benzene rings is 1. The van der Waals surface area contributed by atoms with E-state index in [0.717, 1.165) is 10.6 Å². The molecule has 0 aliphatic carbocycles. The molecule has 4 heteroatoms. The third-order valence-corrected chi connectivity index (χ3v) is 3.25. The molecule has 2 atom stereocenters. The fraction of sp³-hybridized carbons (Fsp3) is 0.455. The fourth-order valence-corrected chi connectivity index (χ4v) is 2.17. The predicted molar refractivity (Wildman–Crippen MR) is 61.5 cm³/mol. The summed E-state index contributed by atoms with van der Waals surface area (Å²) in [5.74, 6) is 0.859. The Balaban J connectivity index is 2.09. The number of para-hydroxylation sites is 1. The first-order valence-electron chi connectivity index (χ1n) is 4.99. The van der Waals surface area contributed by atoms with Crippen molar-refractivity contribution in [1.82, 2.24) is 5.32 Å². The lowest BCUT2D eigenvalue weighted by molar-refractivity contribution is 0.0719. The van der Waals surface area contributed by atoms with Gasteiger partial charge in [-0.1, -0.05) is 12.1 Å². The highest BCUT2D eigenvalue weighted by atomic mass is 32.2. The van der Waals surface area contributed by atoms with Crippen molar-refractivity contribution in [3.8, 4) is 5.75 Å². The summed E-state index contributed by atoms with van der Waals surface area (Å²) in [5.41, 5.74) is 0. The number of aliphatic hydroxyl groups is 1. The number of rotatable bonds is 3. The second-order valence-corrected chi connectivity index (χ2v) is 4.38. The molecule has 0 bridgehead atoms. The van der Waals surface area contributed by atoms with E-state index in [1.807, 2.05) is 30.5 Å². The summed E-state index contributed by atoms with van der Waals surface area (Å²) in [4.78, 5) is 1.11. The summed E-state index contributed by atoms with van der Waals surface area (Å²) >= 11 is 1.65. The van der Waals surface area contributed by atoms with E-state index in [4.69, 9.17) is 4.74 Å². The molecule has 1 heterocycles. The van der Waals surface area contributed by atoms with Crippen molar-refractivity contribution in [2.75, 3.05) is 19.3 Å². The molecule has 2 rings (SSSR count). The fourth-order valence-electron chi connectivity index (χ4n) is 1.64. The molecular weight excluding hydrogens is 210 g/mol. The van der Waals surface area contributed by atoms with Gasteiger partial charge < -0.3 is 15.2 Å². The second kappa shape index (κ2) is 4.88. The SMILES string of the molecule is CSc1ccccc1OC1CNCC1O. The van der Waals surface area contributed by atoms with Crippen LogP contribution >= 0.6 is 11.8 Å². The minimum absolute atomic E-state index is 0.127. The van der Waals surface area contributed by atoms with Crippen molar-refractivity contribution in [2.24, 2.45) is 0 Å². The first-order chi connectivity index (χ1) is 7.31. The number of nitrogens with one attached hydrogen (secondary N) is 1. The number of ether oxygens (including phenoxy) is 1. The van der Waals surface area contributed by atoms with Gasteiger partial charge in [-0.2, -0.15) is 0 Å². The molecule has 0 spiro atoms. The molecule has 1 aliphatic heterocycles. The number of hydrogen-bond acceptors (Lipinski definition) is 4. The van der Waals surface area contributed by atoms with Crippen molar-refractivity contribution in [2.45, 2.75) is 17.1 Å². The van der Waals surface area contributed by atoms with E-state index in [-0.39, 0.29) is 6.10 Å². The first kappa shape index (κ1) is 10.8. The van der Waals surface area contributed by atoms with Gasteiger partial charge in [0, 0.05) is 18.0 Å². The third-order valence-electron chi connectivity index (χ3n) is 2.48. The summed E-state index contributed by atoms with van der Waals surface area (Å²) in [6.45, 7) is 1.33. The Morgan fingerprint density at radius 3 is 2.87 bits per heavy atom. The molecule has 1 fully saturated rings. The Bertz CT molecular complexity index is 332. The maximum Gasteiger partial charge on any atom is 0.138 e. The summed E-state index contributed by atoms with van der Waals surface area (Å²) in [7, 11) is 0. The topological polar surface area (TPSA) is 41.5 Å². The average molecular weight is 225 g/mol. The van der Waals surface area contributed by atoms with Crippen LogP contribution in [0.3, 0.4) is 0 Å². The van der Waals surface area contributed by atoms with Crippen LogP contribution in [0.1, 0.15) is 0 Å². The van der Waals surface area contributed by atoms with Gasteiger partial charge in [-0.3, -0.25) is 0 Å². The van der Waals surface area contributed by atoms with E-state index < -0.39 is 6.10 Å². The van der Waals surface area contributed by atoms with Crippen LogP contribution in [0.5, 0.6) is 5.75 Å². The quantitative estimate of drug-likeness (QED) is 0.756. The maximum atomic E-state index is 9.62. The molecular formula is C11H15NO2S. The molecule has 0 saturated carbocycles. The molecule has 82 valence electrons. The van der Waals surface area contributed by atoms with Gasteiger partial charge in [0.15, 0.2) is 0 Å². The lowest BCUT2D eigenvalue weighted by Gasteiger charge is -2.17. The third kappa shape index (κ3) is 2.45. The van der Waals surface area contributed by atoms with E-state index in [2.05, 4.69) is 5.32 Å². The molecule has 0 radical (unpaired) electrons. The average Bonchev–Trinajstić information content (AvgIpc) is 2.65. The van der Waals surface area contributed by atoms with E-state index in [0.29, 0.717) is 13.1 Å². The van der Waals surface area contributed by atoms with Crippen LogP contribution in [-0.4, -0.2) is 36.7 Å². The molecule has 1 aromatic rings. The van der Waals surface area contributed by atoms with Crippen LogP contribution < -0.4 is 10.1 Å². The van der Waals surface area contributed by atoms with Gasteiger partial charge in [0.1, 0.15) is 18.0 Å². The highest BCUT2D eigenvalue weighted by Crippen LogP contribution is 2.28. The molecule has 1 aliphatic rings. The number of aliphatic hydroxyl groups excluding tert-OH is 1. The smallest absolute Gasteiger partial charge is 0.138 e. The summed E-state index contributed by atoms with van der Waals surface area (Å²) in [5, 5.41) is 12.7. The molecule has 1 aromatic carbocycles. The van der Waals surface area contributed by atoms with Crippen LogP contribution in [0.15, 0.2) is 29.2 Å². The molecule has 2 N–H and O–H groups in total. The van der Waals surface area contributed by atoms with Crippen LogP contribution in [-0.2, 0) is 0 Å². The van der Waals surface area contributed by atoms with Crippen LogP contribution in [0.2, 0.25) is 0 Å². The van der Waals surface area contributed by atoms with Crippen LogP contribution in [0, 0.1) is 0 Å². The highest BCUT2D eigenvalue weighted by Gasteiger charge is 2.27. The standard InChI is InChI=1S/C11H15NO2S/c1-15-11-5-3-2-4-9(11)14-10-7-12-6-8(10)13/h2-5,8,10,12-13H,6-7H2,1H3. The Labute approximate surface area is 93.8 Å². The van der Waals surface area contributed by atoms with Gasteiger partial charge in [-0.25, -0.2) is 0 Å². The lowest BCUT2D eigenvalue weighted by Crippen LogP contribution is -2.29. The number of hydrogen-bond donors (Lipinski definition) is 2. The van der Waals surface area contributed by atoms with Gasteiger partial charge in [0.25, 0.3) is 0 Å². The van der Waals surface area contributed by atoms with Gasteiger partial charge in [0.05, 0.1) is 0 Å². The van der Waals surface area contributed by atoms with E-state index in [9.17, 15) is 5.11 Å². The second-order valence-electron chi connectivity index (χ2n) is 3.53. The van der Waals surface area contributed by atoms with E-state index >= 15 is 0 Å². The van der Waals surface area contributed by atoms with Crippen molar-refractivity contribution in [1.29, 1.82) is 0 Å². The Kier molecular flexibility index (Phi) is 3.51. The molecule has 1 saturated heterocycles. The Hall–Kier alpha value is -0.710. The highest BCUT2D eigenvalue weighted by molar-refractivity contribution is 7.98. The zero-order chi connectivity index (χ0) is 10.7.